The van der Waals surface area contributed by atoms with E-state index in [1.165, 1.54) is 17.3 Å². The number of rotatable bonds is 3. The van der Waals surface area contributed by atoms with E-state index in [1.54, 1.807) is 0 Å². The number of hydrogen-bond acceptors (Lipinski definition) is 5. The molecule has 0 bridgehead atoms. The molecule has 0 radical (unpaired) electrons. The van der Waals surface area contributed by atoms with Crippen molar-refractivity contribution >= 4 is 6.03 Å². The smallest absolute Gasteiger partial charge is 0.243 e. The van der Waals surface area contributed by atoms with E-state index < -0.39 is 0 Å². The standard InChI is InChI=1S/C11H16N6O/c1-4-9-14-10(5-8(2)3)17(15-9)11(18)16-7-12-6-13-16/h6-8H,4-5H2,1-3H3. The van der Waals surface area contributed by atoms with Crippen LogP contribution in [0.5, 0.6) is 0 Å². The van der Waals surface area contributed by atoms with Gasteiger partial charge in [-0.05, 0) is 5.92 Å². The van der Waals surface area contributed by atoms with Crippen molar-refractivity contribution in [3.63, 3.8) is 0 Å². The maximum Gasteiger partial charge on any atom is 0.372 e. The third-order valence-electron chi connectivity index (χ3n) is 2.42. The van der Waals surface area contributed by atoms with Crippen LogP contribution >= 0.6 is 0 Å². The Morgan fingerprint density at radius 2 is 2.22 bits per heavy atom. The first-order chi connectivity index (χ1) is 8.61. The second-order valence-corrected chi connectivity index (χ2v) is 4.43. The van der Waals surface area contributed by atoms with Crippen LogP contribution < -0.4 is 0 Å². The summed E-state index contributed by atoms with van der Waals surface area (Å²) in [7, 11) is 0. The van der Waals surface area contributed by atoms with E-state index >= 15 is 0 Å². The molecular weight excluding hydrogens is 232 g/mol. The molecule has 0 saturated heterocycles. The van der Waals surface area contributed by atoms with Crippen molar-refractivity contribution in [1.82, 2.24) is 29.5 Å². The normalized spacial score (nSPS) is 11.1. The van der Waals surface area contributed by atoms with E-state index in [-0.39, 0.29) is 6.03 Å². The lowest BCUT2D eigenvalue weighted by Crippen LogP contribution is -2.24. The van der Waals surface area contributed by atoms with Crippen molar-refractivity contribution < 1.29 is 4.79 Å². The average molecular weight is 248 g/mol. The second kappa shape index (κ2) is 5.07. The SMILES string of the molecule is CCc1nc(CC(C)C)n(C(=O)n2cncn2)n1. The van der Waals surface area contributed by atoms with Crippen LogP contribution in [-0.4, -0.2) is 35.6 Å². The molecule has 2 heterocycles. The van der Waals surface area contributed by atoms with Gasteiger partial charge in [0, 0.05) is 12.8 Å². The van der Waals surface area contributed by atoms with Crippen molar-refractivity contribution in [2.45, 2.75) is 33.6 Å². The molecule has 0 fully saturated rings. The van der Waals surface area contributed by atoms with Gasteiger partial charge in [0.25, 0.3) is 0 Å². The first-order valence-electron chi connectivity index (χ1n) is 5.96. The molecule has 0 aliphatic rings. The monoisotopic (exact) mass is 248 g/mol. The minimum absolute atomic E-state index is 0.352. The Morgan fingerprint density at radius 1 is 1.44 bits per heavy atom. The number of aryl methyl sites for hydroxylation is 1. The summed E-state index contributed by atoms with van der Waals surface area (Å²) >= 11 is 0. The largest absolute Gasteiger partial charge is 0.372 e. The van der Waals surface area contributed by atoms with Gasteiger partial charge >= 0.3 is 6.03 Å². The summed E-state index contributed by atoms with van der Waals surface area (Å²) in [5.74, 6) is 1.74. The molecule has 0 aliphatic heterocycles. The molecule has 7 heteroatoms. The molecule has 2 aromatic heterocycles. The highest BCUT2D eigenvalue weighted by Crippen LogP contribution is 2.07. The van der Waals surface area contributed by atoms with Gasteiger partial charge in [-0.1, -0.05) is 20.8 Å². The van der Waals surface area contributed by atoms with Gasteiger partial charge in [0.15, 0.2) is 5.82 Å². The Labute approximate surface area is 105 Å². The Morgan fingerprint density at radius 3 is 2.78 bits per heavy atom. The van der Waals surface area contributed by atoms with Crippen molar-refractivity contribution in [3.8, 4) is 0 Å². The summed E-state index contributed by atoms with van der Waals surface area (Å²) in [6, 6.07) is -0.352. The van der Waals surface area contributed by atoms with Crippen molar-refractivity contribution in [2.75, 3.05) is 0 Å². The van der Waals surface area contributed by atoms with Crippen molar-refractivity contribution in [2.24, 2.45) is 5.92 Å². The van der Waals surface area contributed by atoms with Crippen LogP contribution in [0.25, 0.3) is 0 Å². The second-order valence-electron chi connectivity index (χ2n) is 4.43. The molecule has 0 N–H and O–H groups in total. The number of carbonyl (C=O) groups is 1. The minimum Gasteiger partial charge on any atom is -0.243 e. The molecule has 18 heavy (non-hydrogen) atoms. The van der Waals surface area contributed by atoms with Gasteiger partial charge in [0.2, 0.25) is 0 Å². The summed E-state index contributed by atoms with van der Waals surface area (Å²) in [4.78, 5) is 20.3. The van der Waals surface area contributed by atoms with E-state index in [2.05, 4.69) is 34.0 Å². The fourth-order valence-corrected chi connectivity index (χ4v) is 1.60. The van der Waals surface area contributed by atoms with E-state index in [0.717, 1.165) is 4.68 Å². The molecular formula is C11H16N6O. The zero-order valence-electron chi connectivity index (χ0n) is 10.7. The summed E-state index contributed by atoms with van der Waals surface area (Å²) in [5.41, 5.74) is 0. The van der Waals surface area contributed by atoms with Crippen LogP contribution in [0.1, 0.15) is 32.4 Å². The molecule has 0 saturated carbocycles. The van der Waals surface area contributed by atoms with Gasteiger partial charge in [-0.15, -0.1) is 5.10 Å². The van der Waals surface area contributed by atoms with E-state index in [4.69, 9.17) is 0 Å². The number of carbonyl (C=O) groups excluding carboxylic acids is 1. The molecule has 0 atom stereocenters. The lowest BCUT2D eigenvalue weighted by Gasteiger charge is -2.05. The van der Waals surface area contributed by atoms with Gasteiger partial charge in [-0.3, -0.25) is 0 Å². The fourth-order valence-electron chi connectivity index (χ4n) is 1.60. The Balaban J connectivity index is 2.36. The topological polar surface area (TPSA) is 78.5 Å². The highest BCUT2D eigenvalue weighted by atomic mass is 16.2. The lowest BCUT2D eigenvalue weighted by atomic mass is 10.1. The third kappa shape index (κ3) is 2.44. The lowest BCUT2D eigenvalue weighted by molar-refractivity contribution is 0.237. The fraction of sp³-hybridized carbons (Fsp3) is 0.545. The molecule has 0 aliphatic carbocycles. The van der Waals surface area contributed by atoms with Gasteiger partial charge in [-0.2, -0.15) is 14.5 Å². The molecule has 0 unspecified atom stereocenters. The minimum atomic E-state index is -0.352. The van der Waals surface area contributed by atoms with Gasteiger partial charge in [-0.25, -0.2) is 14.8 Å². The summed E-state index contributed by atoms with van der Waals surface area (Å²) in [6.45, 7) is 6.11. The predicted octanol–water partition coefficient (Wildman–Crippen LogP) is 1.15. The molecule has 96 valence electrons. The zero-order valence-corrected chi connectivity index (χ0v) is 10.7. The molecule has 7 nitrogen and oxygen atoms in total. The van der Waals surface area contributed by atoms with Gasteiger partial charge < -0.3 is 0 Å². The molecule has 0 spiro atoms. The number of aromatic nitrogens is 6. The number of nitrogens with zero attached hydrogens (tertiary/aromatic N) is 6. The van der Waals surface area contributed by atoms with Crippen molar-refractivity contribution in [3.05, 3.63) is 24.3 Å². The Kier molecular flexibility index (Phi) is 3.50. The predicted molar refractivity (Wildman–Crippen MR) is 64.2 cm³/mol. The summed E-state index contributed by atoms with van der Waals surface area (Å²) in [6.07, 6.45) is 4.07. The maximum absolute atomic E-state index is 12.2. The van der Waals surface area contributed by atoms with Crippen LogP contribution in [0, 0.1) is 5.92 Å². The average Bonchev–Trinajstić information content (AvgIpc) is 2.95. The molecule has 0 amide bonds. The first-order valence-corrected chi connectivity index (χ1v) is 5.96. The summed E-state index contributed by atoms with van der Waals surface area (Å²) < 4.78 is 2.46. The van der Waals surface area contributed by atoms with Crippen LogP contribution in [0.2, 0.25) is 0 Å². The summed E-state index contributed by atoms with van der Waals surface area (Å²) in [5, 5.41) is 8.02. The van der Waals surface area contributed by atoms with E-state index in [9.17, 15) is 4.79 Å². The van der Waals surface area contributed by atoms with Gasteiger partial charge in [0.1, 0.15) is 18.5 Å². The van der Waals surface area contributed by atoms with Crippen LogP contribution in [0.15, 0.2) is 12.7 Å². The molecule has 2 aromatic rings. The highest BCUT2D eigenvalue weighted by molar-refractivity contribution is 5.77. The van der Waals surface area contributed by atoms with E-state index in [1.807, 2.05) is 6.92 Å². The quantitative estimate of drug-likeness (QED) is 0.814. The maximum atomic E-state index is 12.2. The van der Waals surface area contributed by atoms with Crippen LogP contribution in [0.4, 0.5) is 4.79 Å². The van der Waals surface area contributed by atoms with Crippen molar-refractivity contribution in [1.29, 1.82) is 0 Å². The first kappa shape index (κ1) is 12.4. The van der Waals surface area contributed by atoms with Crippen LogP contribution in [0.3, 0.4) is 0 Å². The van der Waals surface area contributed by atoms with E-state index in [0.29, 0.717) is 30.4 Å². The number of hydrogen-bond donors (Lipinski definition) is 0. The zero-order chi connectivity index (χ0) is 13.1. The highest BCUT2D eigenvalue weighted by Gasteiger charge is 2.18. The molecule has 2 rings (SSSR count). The Bertz CT molecular complexity index is 528. The van der Waals surface area contributed by atoms with Crippen LogP contribution in [-0.2, 0) is 12.8 Å². The third-order valence-corrected chi connectivity index (χ3v) is 2.42. The Hall–Kier alpha value is -2.05. The molecule has 0 aromatic carbocycles. The van der Waals surface area contributed by atoms with Gasteiger partial charge in [0.05, 0.1) is 0 Å².